The van der Waals surface area contributed by atoms with Crippen LogP contribution in [0.5, 0.6) is 0 Å². The Bertz CT molecular complexity index is 1280. The first-order valence-electron chi connectivity index (χ1n) is 9.73. The van der Waals surface area contributed by atoms with E-state index in [2.05, 4.69) is 4.72 Å². The Kier molecular flexibility index (Phi) is 6.48. The molecular formula is C21H24BFN2O6S. The summed E-state index contributed by atoms with van der Waals surface area (Å²) in [6, 6.07) is 10.5. The number of hydrogen-bond acceptors (Lipinski definition) is 6. The molecule has 1 aromatic heterocycles. The number of aromatic nitrogens is 1. The van der Waals surface area contributed by atoms with Crippen molar-refractivity contribution in [2.24, 2.45) is 0 Å². The van der Waals surface area contributed by atoms with Crippen molar-refractivity contribution < 1.29 is 32.4 Å². The third kappa shape index (κ3) is 5.54. The van der Waals surface area contributed by atoms with Crippen LogP contribution in [0.4, 0.5) is 9.18 Å². The largest absolute Gasteiger partial charge is 0.506 e. The number of nitrogens with one attached hydrogen (secondary N) is 1. The van der Waals surface area contributed by atoms with Gasteiger partial charge in [-0.15, -0.1) is 0 Å². The molecule has 0 unspecified atom stereocenters. The van der Waals surface area contributed by atoms with Gasteiger partial charge in [0.05, 0.1) is 17.4 Å². The van der Waals surface area contributed by atoms with Gasteiger partial charge in [0.1, 0.15) is 11.4 Å². The van der Waals surface area contributed by atoms with Gasteiger partial charge < -0.3 is 14.8 Å². The summed E-state index contributed by atoms with van der Waals surface area (Å²) in [7, 11) is -5.42. The molecule has 0 aliphatic heterocycles. The molecule has 3 aromatic rings. The first-order valence-corrected chi connectivity index (χ1v) is 11.6. The highest BCUT2D eigenvalue weighted by Crippen LogP contribution is 2.31. The van der Waals surface area contributed by atoms with Crippen LogP contribution in [0.15, 0.2) is 42.5 Å². The Balaban J connectivity index is 2.16. The van der Waals surface area contributed by atoms with E-state index in [0.29, 0.717) is 27.6 Å². The van der Waals surface area contributed by atoms with Crippen molar-refractivity contribution >= 4 is 39.7 Å². The number of carbonyl (C=O) groups is 1. The lowest BCUT2D eigenvalue weighted by atomic mass is 9.86. The number of nitrogens with zero attached hydrogens (tertiary/aromatic N) is 1. The Labute approximate surface area is 185 Å². The quantitative estimate of drug-likeness (QED) is 0.499. The summed E-state index contributed by atoms with van der Waals surface area (Å²) in [6.07, 6.45) is 0.222. The predicted molar refractivity (Wildman–Crippen MR) is 120 cm³/mol. The molecule has 0 fully saturated rings. The van der Waals surface area contributed by atoms with Crippen molar-refractivity contribution in [1.82, 2.24) is 9.29 Å². The predicted octanol–water partition coefficient (Wildman–Crippen LogP) is 1.96. The summed E-state index contributed by atoms with van der Waals surface area (Å²) in [4.78, 5) is 12.8. The zero-order valence-electron chi connectivity index (χ0n) is 18.1. The molecule has 3 N–H and O–H groups in total. The summed E-state index contributed by atoms with van der Waals surface area (Å²) in [5.41, 5.74) is 0.786. The summed E-state index contributed by atoms with van der Waals surface area (Å²) in [5, 5.41) is 20.2. The molecule has 0 radical (unpaired) electrons. The fourth-order valence-corrected chi connectivity index (χ4v) is 3.76. The van der Waals surface area contributed by atoms with Crippen LogP contribution in [0.1, 0.15) is 26.3 Å². The fraction of sp³-hybridized carbons (Fsp3) is 0.286. The van der Waals surface area contributed by atoms with Crippen LogP contribution in [0.2, 0.25) is 0 Å². The molecule has 0 aliphatic rings. The number of ether oxygens (including phenoxy) is 1. The summed E-state index contributed by atoms with van der Waals surface area (Å²) < 4.78 is 45.9. The maximum absolute atomic E-state index is 14.3. The van der Waals surface area contributed by atoms with Crippen LogP contribution in [0, 0.1) is 5.82 Å². The van der Waals surface area contributed by atoms with E-state index in [4.69, 9.17) is 4.74 Å². The molecule has 8 nitrogen and oxygen atoms in total. The van der Waals surface area contributed by atoms with Crippen molar-refractivity contribution in [2.75, 3.05) is 6.26 Å². The lowest BCUT2D eigenvalue weighted by molar-refractivity contribution is 0.0547. The van der Waals surface area contributed by atoms with Gasteiger partial charge in [-0.2, -0.15) is 0 Å². The summed E-state index contributed by atoms with van der Waals surface area (Å²) in [5.74, 6) is -0.571. The molecule has 170 valence electrons. The molecule has 0 bridgehead atoms. The minimum atomic E-state index is -3.47. The molecule has 0 saturated carbocycles. The van der Waals surface area contributed by atoms with Crippen LogP contribution >= 0.6 is 0 Å². The second kappa shape index (κ2) is 8.66. The van der Waals surface area contributed by atoms with Gasteiger partial charge in [0.15, 0.2) is 0 Å². The third-order valence-electron chi connectivity index (χ3n) is 4.52. The van der Waals surface area contributed by atoms with E-state index in [1.807, 2.05) is 0 Å². The Morgan fingerprint density at radius 3 is 2.47 bits per heavy atom. The zero-order valence-corrected chi connectivity index (χ0v) is 18.9. The maximum atomic E-state index is 14.3. The van der Waals surface area contributed by atoms with Gasteiger partial charge in [-0.25, -0.2) is 22.3 Å². The van der Waals surface area contributed by atoms with Crippen LogP contribution in [0.25, 0.3) is 22.0 Å². The van der Waals surface area contributed by atoms with E-state index in [-0.39, 0.29) is 12.1 Å². The highest BCUT2D eigenvalue weighted by Gasteiger charge is 2.28. The molecule has 2 aromatic carbocycles. The van der Waals surface area contributed by atoms with Crippen LogP contribution in [-0.2, 0) is 21.3 Å². The number of hydrogen-bond donors (Lipinski definition) is 3. The fourth-order valence-electron chi connectivity index (χ4n) is 3.33. The first-order chi connectivity index (χ1) is 14.7. The smallest absolute Gasteiger partial charge is 0.443 e. The number of fused-ring (bicyclic) bond motifs is 1. The molecule has 0 amide bonds. The SMILES string of the molecule is CC(C)(C)OC(=O)n1c(B(O)O)cc2c(-c3cc(F)cc(CNS(C)(=O)=O)c3)cccc21. The summed E-state index contributed by atoms with van der Waals surface area (Å²) >= 11 is 0. The van der Waals surface area contributed by atoms with Crippen LogP contribution in [0.3, 0.4) is 0 Å². The van der Waals surface area contributed by atoms with Crippen molar-refractivity contribution in [3.63, 3.8) is 0 Å². The number of sulfonamides is 1. The Morgan fingerprint density at radius 2 is 1.88 bits per heavy atom. The standard InChI is InChI=1S/C21H24BFN2O6S/c1-21(2,3)31-20(26)25-18-7-5-6-16(17(18)11-19(25)22(27)28)14-8-13(9-15(23)10-14)12-24-32(4,29)30/h5-11,24,27-28H,12H2,1-4H3. The average molecular weight is 462 g/mol. The summed E-state index contributed by atoms with van der Waals surface area (Å²) in [6.45, 7) is 4.97. The molecule has 3 rings (SSSR count). The minimum absolute atomic E-state index is 0.0981. The van der Waals surface area contributed by atoms with Gasteiger partial charge in [0.2, 0.25) is 10.0 Å². The second-order valence-electron chi connectivity index (χ2n) is 8.44. The first kappa shape index (κ1) is 23.9. The minimum Gasteiger partial charge on any atom is -0.443 e. The number of rotatable bonds is 5. The highest BCUT2D eigenvalue weighted by atomic mass is 32.2. The van der Waals surface area contributed by atoms with Gasteiger partial charge in [-0.05, 0) is 67.8 Å². The molecule has 1 heterocycles. The van der Waals surface area contributed by atoms with E-state index in [0.717, 1.165) is 10.8 Å². The van der Waals surface area contributed by atoms with E-state index in [1.54, 1.807) is 45.0 Å². The van der Waals surface area contributed by atoms with Gasteiger partial charge in [-0.1, -0.05) is 12.1 Å². The highest BCUT2D eigenvalue weighted by molar-refractivity contribution is 7.88. The van der Waals surface area contributed by atoms with Crippen molar-refractivity contribution in [1.29, 1.82) is 0 Å². The maximum Gasteiger partial charge on any atom is 0.506 e. The molecule has 32 heavy (non-hydrogen) atoms. The lowest BCUT2D eigenvalue weighted by Crippen LogP contribution is -2.40. The Morgan fingerprint density at radius 1 is 1.19 bits per heavy atom. The molecule has 0 aliphatic carbocycles. The normalized spacial score (nSPS) is 12.2. The zero-order chi connectivity index (χ0) is 23.8. The van der Waals surface area contributed by atoms with E-state index >= 15 is 0 Å². The second-order valence-corrected chi connectivity index (χ2v) is 10.3. The third-order valence-corrected chi connectivity index (χ3v) is 5.19. The number of benzene rings is 2. The van der Waals surface area contributed by atoms with Crippen molar-refractivity contribution in [3.8, 4) is 11.1 Å². The number of halogens is 1. The average Bonchev–Trinajstić information content (AvgIpc) is 3.04. The van der Waals surface area contributed by atoms with Gasteiger partial charge >= 0.3 is 13.2 Å². The van der Waals surface area contributed by atoms with E-state index in [9.17, 15) is 27.7 Å². The van der Waals surface area contributed by atoms with Crippen LogP contribution in [-0.4, -0.2) is 48.1 Å². The van der Waals surface area contributed by atoms with Crippen LogP contribution < -0.4 is 10.3 Å². The number of carbonyl (C=O) groups excluding carboxylic acids is 1. The molecular weight excluding hydrogens is 438 g/mol. The van der Waals surface area contributed by atoms with Gasteiger partial charge in [0.25, 0.3) is 0 Å². The molecule has 0 saturated heterocycles. The van der Waals surface area contributed by atoms with Gasteiger partial charge in [-0.3, -0.25) is 4.57 Å². The molecule has 11 heteroatoms. The topological polar surface area (TPSA) is 118 Å². The monoisotopic (exact) mass is 462 g/mol. The van der Waals surface area contributed by atoms with E-state index < -0.39 is 34.7 Å². The Hall–Kier alpha value is -2.73. The van der Waals surface area contributed by atoms with Gasteiger partial charge in [0, 0.05) is 11.9 Å². The van der Waals surface area contributed by atoms with E-state index in [1.165, 1.54) is 18.2 Å². The van der Waals surface area contributed by atoms with Crippen molar-refractivity contribution in [3.05, 3.63) is 53.8 Å². The molecule has 0 atom stereocenters. The van der Waals surface area contributed by atoms with Crippen molar-refractivity contribution in [2.45, 2.75) is 32.9 Å². The molecule has 0 spiro atoms. The lowest BCUT2D eigenvalue weighted by Gasteiger charge is -2.21.